The van der Waals surface area contributed by atoms with Gasteiger partial charge in [-0.15, -0.1) is 11.3 Å². The third-order valence-corrected chi connectivity index (χ3v) is 4.41. The summed E-state index contributed by atoms with van der Waals surface area (Å²) in [5.41, 5.74) is 5.67. The first-order valence-electron chi connectivity index (χ1n) is 6.93. The van der Waals surface area contributed by atoms with Crippen molar-refractivity contribution in [3.05, 3.63) is 22.4 Å². The Labute approximate surface area is 119 Å². The molecule has 1 saturated heterocycles. The Morgan fingerprint density at radius 2 is 2.16 bits per heavy atom. The quantitative estimate of drug-likeness (QED) is 0.881. The number of rotatable bonds is 5. The van der Waals surface area contributed by atoms with Crippen molar-refractivity contribution in [3.63, 3.8) is 0 Å². The predicted octanol–water partition coefficient (Wildman–Crippen LogP) is 1.17. The van der Waals surface area contributed by atoms with Crippen molar-refractivity contribution in [1.29, 1.82) is 0 Å². The molecule has 0 aliphatic carbocycles. The van der Waals surface area contributed by atoms with Gasteiger partial charge < -0.3 is 10.6 Å². The average molecular weight is 281 g/mol. The van der Waals surface area contributed by atoms with Crippen molar-refractivity contribution in [3.8, 4) is 0 Å². The molecule has 2 heterocycles. The summed E-state index contributed by atoms with van der Waals surface area (Å²) in [6, 6.07) is 4.25. The van der Waals surface area contributed by atoms with Crippen LogP contribution in [0.25, 0.3) is 0 Å². The van der Waals surface area contributed by atoms with E-state index in [1.165, 1.54) is 4.88 Å². The number of hydrogen-bond donors (Lipinski definition) is 1. The highest BCUT2D eigenvalue weighted by Crippen LogP contribution is 2.11. The number of carbonyl (C=O) groups is 1. The van der Waals surface area contributed by atoms with Gasteiger partial charge in [0.25, 0.3) is 0 Å². The van der Waals surface area contributed by atoms with Crippen LogP contribution in [-0.4, -0.2) is 54.5 Å². The van der Waals surface area contributed by atoms with Gasteiger partial charge in [0.2, 0.25) is 5.91 Å². The van der Waals surface area contributed by atoms with Gasteiger partial charge in [-0.3, -0.25) is 9.69 Å². The molecule has 1 aromatic heterocycles. The van der Waals surface area contributed by atoms with Crippen molar-refractivity contribution < 1.29 is 4.79 Å². The lowest BCUT2D eigenvalue weighted by Gasteiger charge is -2.35. The van der Waals surface area contributed by atoms with Crippen LogP contribution in [0.2, 0.25) is 0 Å². The van der Waals surface area contributed by atoms with E-state index in [0.29, 0.717) is 6.42 Å². The highest BCUT2D eigenvalue weighted by Gasteiger charge is 2.21. The van der Waals surface area contributed by atoms with E-state index in [0.717, 1.165) is 39.1 Å². The molecule has 19 heavy (non-hydrogen) atoms. The lowest BCUT2D eigenvalue weighted by Crippen LogP contribution is -2.49. The molecule has 5 heteroatoms. The zero-order chi connectivity index (χ0) is 13.7. The van der Waals surface area contributed by atoms with E-state index in [2.05, 4.69) is 22.4 Å². The number of piperazine rings is 1. The van der Waals surface area contributed by atoms with E-state index in [1.54, 1.807) is 0 Å². The van der Waals surface area contributed by atoms with Crippen LogP contribution in [-0.2, 0) is 11.2 Å². The van der Waals surface area contributed by atoms with Gasteiger partial charge in [0.15, 0.2) is 0 Å². The Balaban J connectivity index is 1.69. The number of thiophene rings is 1. The maximum Gasteiger partial charge on any atom is 0.224 e. The van der Waals surface area contributed by atoms with Crippen LogP contribution in [0.1, 0.15) is 18.2 Å². The molecule has 0 radical (unpaired) electrons. The normalized spacial score (nSPS) is 18.5. The molecule has 0 aromatic carbocycles. The average Bonchev–Trinajstić information content (AvgIpc) is 2.89. The number of amides is 1. The SMILES string of the molecule is CC(N)CC(=O)N1CCN(CCc2cccs2)CC1. The monoisotopic (exact) mass is 281 g/mol. The number of hydrogen-bond acceptors (Lipinski definition) is 4. The Kier molecular flexibility index (Phi) is 5.36. The maximum atomic E-state index is 11.9. The molecule has 1 atom stereocenters. The highest BCUT2D eigenvalue weighted by atomic mass is 32.1. The second kappa shape index (κ2) is 7.03. The number of nitrogens with zero attached hydrogens (tertiary/aromatic N) is 2. The number of nitrogens with two attached hydrogens (primary N) is 1. The van der Waals surface area contributed by atoms with Gasteiger partial charge in [0.05, 0.1) is 0 Å². The summed E-state index contributed by atoms with van der Waals surface area (Å²) < 4.78 is 0. The smallest absolute Gasteiger partial charge is 0.224 e. The fourth-order valence-electron chi connectivity index (χ4n) is 2.35. The summed E-state index contributed by atoms with van der Waals surface area (Å²) in [5.74, 6) is 0.202. The minimum atomic E-state index is -0.0376. The summed E-state index contributed by atoms with van der Waals surface area (Å²) in [6.07, 6.45) is 1.58. The Bertz CT molecular complexity index is 383. The van der Waals surface area contributed by atoms with Crippen molar-refractivity contribution >= 4 is 17.2 Å². The summed E-state index contributed by atoms with van der Waals surface area (Å²) in [7, 11) is 0. The molecule has 1 aromatic rings. The van der Waals surface area contributed by atoms with E-state index in [-0.39, 0.29) is 11.9 Å². The molecule has 4 nitrogen and oxygen atoms in total. The Hall–Kier alpha value is -0.910. The lowest BCUT2D eigenvalue weighted by molar-refractivity contribution is -0.133. The molecule has 0 bridgehead atoms. The minimum Gasteiger partial charge on any atom is -0.340 e. The fraction of sp³-hybridized carbons (Fsp3) is 0.643. The van der Waals surface area contributed by atoms with Crippen molar-refractivity contribution in [2.45, 2.75) is 25.8 Å². The van der Waals surface area contributed by atoms with Crippen LogP contribution < -0.4 is 5.73 Å². The number of carbonyl (C=O) groups excluding carboxylic acids is 1. The van der Waals surface area contributed by atoms with Crippen LogP contribution in [0.5, 0.6) is 0 Å². The van der Waals surface area contributed by atoms with Gasteiger partial charge >= 0.3 is 0 Å². The summed E-state index contributed by atoms with van der Waals surface area (Å²) in [6.45, 7) is 6.63. The molecule has 1 aliphatic heterocycles. The minimum absolute atomic E-state index is 0.0376. The Morgan fingerprint density at radius 1 is 1.42 bits per heavy atom. The molecule has 0 spiro atoms. The topological polar surface area (TPSA) is 49.6 Å². The van der Waals surface area contributed by atoms with Crippen molar-refractivity contribution in [1.82, 2.24) is 9.80 Å². The molecule has 1 fully saturated rings. The summed E-state index contributed by atoms with van der Waals surface area (Å²) in [4.78, 5) is 17.7. The molecule has 0 saturated carbocycles. The van der Waals surface area contributed by atoms with E-state index in [9.17, 15) is 4.79 Å². The maximum absolute atomic E-state index is 11.9. The van der Waals surface area contributed by atoms with E-state index >= 15 is 0 Å². The molecule has 1 unspecified atom stereocenters. The van der Waals surface area contributed by atoms with Gasteiger partial charge in [-0.1, -0.05) is 6.07 Å². The third kappa shape index (κ3) is 4.60. The zero-order valence-corrected chi connectivity index (χ0v) is 12.4. The first-order valence-corrected chi connectivity index (χ1v) is 7.81. The highest BCUT2D eigenvalue weighted by molar-refractivity contribution is 7.09. The van der Waals surface area contributed by atoms with E-state index < -0.39 is 0 Å². The van der Waals surface area contributed by atoms with Gasteiger partial charge in [0.1, 0.15) is 0 Å². The molecular formula is C14H23N3OS. The molecule has 1 aliphatic rings. The largest absolute Gasteiger partial charge is 0.340 e. The van der Waals surface area contributed by atoms with Crippen LogP contribution in [0.3, 0.4) is 0 Å². The summed E-state index contributed by atoms with van der Waals surface area (Å²) >= 11 is 1.82. The molecule has 2 N–H and O–H groups in total. The molecule has 1 amide bonds. The second-order valence-electron chi connectivity index (χ2n) is 5.23. The van der Waals surface area contributed by atoms with Gasteiger partial charge in [-0.25, -0.2) is 0 Å². The van der Waals surface area contributed by atoms with Crippen LogP contribution in [0.15, 0.2) is 17.5 Å². The molecule has 106 valence electrons. The van der Waals surface area contributed by atoms with Crippen molar-refractivity contribution in [2.75, 3.05) is 32.7 Å². The summed E-state index contributed by atoms with van der Waals surface area (Å²) in [5, 5.41) is 2.12. The van der Waals surface area contributed by atoms with Gasteiger partial charge in [-0.05, 0) is 24.8 Å². The molecule has 2 rings (SSSR count). The lowest BCUT2D eigenvalue weighted by atomic mass is 10.2. The Morgan fingerprint density at radius 3 is 2.74 bits per heavy atom. The van der Waals surface area contributed by atoms with Crippen LogP contribution >= 0.6 is 11.3 Å². The molecular weight excluding hydrogens is 258 g/mol. The van der Waals surface area contributed by atoms with Crippen LogP contribution in [0, 0.1) is 0 Å². The zero-order valence-electron chi connectivity index (χ0n) is 11.5. The third-order valence-electron chi connectivity index (χ3n) is 3.48. The first kappa shape index (κ1) is 14.5. The van der Waals surface area contributed by atoms with Crippen LogP contribution in [0.4, 0.5) is 0 Å². The fourth-order valence-corrected chi connectivity index (χ4v) is 3.05. The standard InChI is InChI=1S/C14H23N3OS/c1-12(15)11-14(18)17-8-6-16(7-9-17)5-4-13-3-2-10-19-13/h2-3,10,12H,4-9,11,15H2,1H3. The van der Waals surface area contributed by atoms with E-state index in [1.807, 2.05) is 23.2 Å². The predicted molar refractivity (Wildman–Crippen MR) is 79.3 cm³/mol. The van der Waals surface area contributed by atoms with Gasteiger partial charge in [-0.2, -0.15) is 0 Å². The van der Waals surface area contributed by atoms with Gasteiger partial charge in [0, 0.05) is 50.1 Å². The van der Waals surface area contributed by atoms with Crippen molar-refractivity contribution in [2.24, 2.45) is 5.73 Å². The first-order chi connectivity index (χ1) is 9.15. The van der Waals surface area contributed by atoms with E-state index in [4.69, 9.17) is 5.73 Å². The second-order valence-corrected chi connectivity index (χ2v) is 6.27.